The molecule has 0 saturated heterocycles. The van der Waals surface area contributed by atoms with Crippen molar-refractivity contribution in [2.24, 2.45) is 5.73 Å². The summed E-state index contributed by atoms with van der Waals surface area (Å²) in [6.07, 6.45) is 0. The Labute approximate surface area is 60.4 Å². The lowest BCUT2D eigenvalue weighted by Crippen LogP contribution is -2.40. The Kier molecular flexibility index (Phi) is 3.99. The van der Waals surface area contributed by atoms with Gasteiger partial charge in [-0.25, -0.2) is 0 Å². The van der Waals surface area contributed by atoms with Crippen molar-refractivity contribution < 1.29 is 9.90 Å². The van der Waals surface area contributed by atoms with E-state index < -0.39 is 12.0 Å². The van der Waals surface area contributed by atoms with Gasteiger partial charge in [-0.2, -0.15) is 0 Å². The Morgan fingerprint density at radius 1 is 1.70 bits per heavy atom. The van der Waals surface area contributed by atoms with E-state index in [4.69, 9.17) is 10.8 Å². The van der Waals surface area contributed by atoms with Gasteiger partial charge in [0.2, 0.25) is 0 Å². The van der Waals surface area contributed by atoms with Gasteiger partial charge in [0.15, 0.2) is 0 Å². The molecular weight excluding hydrogens is 132 g/mol. The highest BCUT2D eigenvalue weighted by Gasteiger charge is 2.08. The predicted octanol–water partition coefficient (Wildman–Crippen LogP) is -0.604. The van der Waals surface area contributed by atoms with Crippen molar-refractivity contribution >= 4 is 5.97 Å². The number of rotatable bonds is 4. The van der Waals surface area contributed by atoms with Crippen molar-refractivity contribution in [1.29, 1.82) is 0 Å². The van der Waals surface area contributed by atoms with Gasteiger partial charge in [0.25, 0.3) is 0 Å². The summed E-state index contributed by atoms with van der Waals surface area (Å²) in [7, 11) is 0. The van der Waals surface area contributed by atoms with Crippen LogP contribution in [0.2, 0.25) is 0 Å². The molecule has 0 radical (unpaired) electrons. The predicted molar refractivity (Wildman–Crippen MR) is 38.7 cm³/mol. The summed E-state index contributed by atoms with van der Waals surface area (Å²) in [5.41, 5.74) is 5.39. The number of carbonyl (C=O) groups is 1. The minimum atomic E-state index is -0.847. The van der Waals surface area contributed by atoms with Gasteiger partial charge in [-0.05, 0) is 13.8 Å². The van der Waals surface area contributed by atoms with Gasteiger partial charge in [-0.15, -0.1) is 0 Å². The van der Waals surface area contributed by atoms with Crippen LogP contribution in [-0.4, -0.2) is 29.7 Å². The lowest BCUT2D eigenvalue weighted by atomic mass is 10.3. The standard InChI is InChI=1S/C6H14N2O2/c1-4(7)3-8-5(2)6(9)10/h4-5,8H,3,7H2,1-2H3,(H,9,10)/t4?,5-/m1/s1. The highest BCUT2D eigenvalue weighted by Crippen LogP contribution is 1.80. The Balaban J connectivity index is 3.40. The second-order valence-corrected chi connectivity index (χ2v) is 2.45. The van der Waals surface area contributed by atoms with Crippen LogP contribution < -0.4 is 11.1 Å². The van der Waals surface area contributed by atoms with E-state index in [9.17, 15) is 4.79 Å². The number of nitrogens with two attached hydrogens (primary N) is 1. The van der Waals surface area contributed by atoms with Gasteiger partial charge < -0.3 is 16.2 Å². The highest BCUT2D eigenvalue weighted by molar-refractivity contribution is 5.72. The number of hydrogen-bond donors (Lipinski definition) is 3. The van der Waals surface area contributed by atoms with Crippen LogP contribution in [0.4, 0.5) is 0 Å². The van der Waals surface area contributed by atoms with E-state index in [0.717, 1.165) is 0 Å². The molecule has 4 nitrogen and oxygen atoms in total. The molecule has 0 aliphatic heterocycles. The van der Waals surface area contributed by atoms with Crippen LogP contribution in [0.15, 0.2) is 0 Å². The fourth-order valence-corrected chi connectivity index (χ4v) is 0.450. The molecule has 1 unspecified atom stereocenters. The fourth-order valence-electron chi connectivity index (χ4n) is 0.450. The van der Waals surface area contributed by atoms with Crippen LogP contribution >= 0.6 is 0 Å². The number of carboxylic acid groups (broad SMARTS) is 1. The zero-order valence-electron chi connectivity index (χ0n) is 6.29. The van der Waals surface area contributed by atoms with Gasteiger partial charge in [0.05, 0.1) is 0 Å². The molecular formula is C6H14N2O2. The Morgan fingerprint density at radius 2 is 2.20 bits per heavy atom. The van der Waals surface area contributed by atoms with Gasteiger partial charge in [0, 0.05) is 12.6 Å². The molecule has 0 spiro atoms. The molecule has 0 heterocycles. The summed E-state index contributed by atoms with van der Waals surface area (Å²) in [6.45, 7) is 3.94. The molecule has 0 amide bonds. The molecule has 0 aromatic heterocycles. The third-order valence-electron chi connectivity index (χ3n) is 1.12. The SMILES string of the molecule is CC(N)CN[C@H](C)C(=O)O. The number of aliphatic carboxylic acids is 1. The summed E-state index contributed by atoms with van der Waals surface area (Å²) < 4.78 is 0. The summed E-state index contributed by atoms with van der Waals surface area (Å²) >= 11 is 0. The second kappa shape index (κ2) is 4.24. The molecule has 4 heteroatoms. The van der Waals surface area contributed by atoms with Crippen LogP contribution in [0.1, 0.15) is 13.8 Å². The molecule has 10 heavy (non-hydrogen) atoms. The van der Waals surface area contributed by atoms with Crippen LogP contribution in [0.3, 0.4) is 0 Å². The summed E-state index contributed by atoms with van der Waals surface area (Å²) in [5, 5.41) is 11.1. The average molecular weight is 146 g/mol. The first-order valence-electron chi connectivity index (χ1n) is 3.25. The maximum absolute atomic E-state index is 10.2. The van der Waals surface area contributed by atoms with Gasteiger partial charge >= 0.3 is 5.97 Å². The van der Waals surface area contributed by atoms with Crippen molar-refractivity contribution in [3.05, 3.63) is 0 Å². The Bertz CT molecular complexity index is 114. The van der Waals surface area contributed by atoms with E-state index in [1.165, 1.54) is 0 Å². The highest BCUT2D eigenvalue weighted by atomic mass is 16.4. The minimum absolute atomic E-state index is 0.00167. The van der Waals surface area contributed by atoms with Gasteiger partial charge in [0.1, 0.15) is 6.04 Å². The van der Waals surface area contributed by atoms with Crippen LogP contribution in [-0.2, 0) is 4.79 Å². The summed E-state index contributed by atoms with van der Waals surface area (Å²) in [6, 6.07) is -0.507. The minimum Gasteiger partial charge on any atom is -0.480 e. The van der Waals surface area contributed by atoms with Crippen molar-refractivity contribution in [2.45, 2.75) is 25.9 Å². The van der Waals surface area contributed by atoms with Crippen LogP contribution in [0.5, 0.6) is 0 Å². The largest absolute Gasteiger partial charge is 0.480 e. The topological polar surface area (TPSA) is 75.3 Å². The van der Waals surface area contributed by atoms with E-state index in [0.29, 0.717) is 6.54 Å². The molecule has 0 aliphatic carbocycles. The maximum Gasteiger partial charge on any atom is 0.320 e. The molecule has 0 bridgehead atoms. The molecule has 4 N–H and O–H groups in total. The first-order chi connectivity index (χ1) is 4.54. The number of nitrogens with one attached hydrogen (secondary N) is 1. The van der Waals surface area contributed by atoms with Gasteiger partial charge in [-0.1, -0.05) is 0 Å². The third-order valence-corrected chi connectivity index (χ3v) is 1.12. The van der Waals surface area contributed by atoms with E-state index >= 15 is 0 Å². The van der Waals surface area contributed by atoms with E-state index in [-0.39, 0.29) is 6.04 Å². The molecule has 0 aromatic carbocycles. The van der Waals surface area contributed by atoms with Crippen molar-refractivity contribution in [3.8, 4) is 0 Å². The smallest absolute Gasteiger partial charge is 0.320 e. The summed E-state index contributed by atoms with van der Waals surface area (Å²) in [5.74, 6) is -0.847. The van der Waals surface area contributed by atoms with E-state index in [2.05, 4.69) is 5.32 Å². The van der Waals surface area contributed by atoms with E-state index in [1.54, 1.807) is 6.92 Å². The average Bonchev–Trinajstić information content (AvgIpc) is 1.82. The fraction of sp³-hybridized carbons (Fsp3) is 0.833. The first-order valence-corrected chi connectivity index (χ1v) is 3.25. The second-order valence-electron chi connectivity index (χ2n) is 2.45. The zero-order valence-corrected chi connectivity index (χ0v) is 6.29. The molecule has 0 rings (SSSR count). The monoisotopic (exact) mass is 146 g/mol. The third kappa shape index (κ3) is 4.29. The van der Waals surface area contributed by atoms with Crippen LogP contribution in [0.25, 0.3) is 0 Å². The molecule has 0 saturated carbocycles. The zero-order chi connectivity index (χ0) is 8.15. The van der Waals surface area contributed by atoms with E-state index in [1.807, 2.05) is 6.92 Å². The molecule has 0 aromatic rings. The normalized spacial score (nSPS) is 16.3. The lowest BCUT2D eigenvalue weighted by Gasteiger charge is -2.10. The summed E-state index contributed by atoms with van der Waals surface area (Å²) in [4.78, 5) is 10.2. The molecule has 2 atom stereocenters. The van der Waals surface area contributed by atoms with Crippen molar-refractivity contribution in [1.82, 2.24) is 5.32 Å². The number of carboxylic acids is 1. The molecule has 60 valence electrons. The van der Waals surface area contributed by atoms with Crippen LogP contribution in [0, 0.1) is 0 Å². The van der Waals surface area contributed by atoms with Crippen molar-refractivity contribution in [2.75, 3.05) is 6.54 Å². The Morgan fingerprint density at radius 3 is 2.50 bits per heavy atom. The number of hydrogen-bond acceptors (Lipinski definition) is 3. The maximum atomic E-state index is 10.2. The quantitative estimate of drug-likeness (QED) is 0.495. The molecule has 0 fully saturated rings. The lowest BCUT2D eigenvalue weighted by molar-refractivity contribution is -0.138. The Hall–Kier alpha value is -0.610. The molecule has 0 aliphatic rings. The first kappa shape index (κ1) is 9.39. The van der Waals surface area contributed by atoms with Gasteiger partial charge in [-0.3, -0.25) is 4.79 Å². The van der Waals surface area contributed by atoms with Crippen molar-refractivity contribution in [3.63, 3.8) is 0 Å².